The molecule has 1 rings (SSSR count). The van der Waals surface area contributed by atoms with E-state index < -0.39 is 0 Å². The smallest absolute Gasteiger partial charge is 0.190 e. The molecule has 14 heavy (non-hydrogen) atoms. The average molecular weight is 195 g/mol. The van der Waals surface area contributed by atoms with Crippen LogP contribution in [-0.4, -0.2) is 26.6 Å². The number of hydrogen-bond acceptors (Lipinski definition) is 4. The van der Waals surface area contributed by atoms with Gasteiger partial charge >= 0.3 is 0 Å². The van der Waals surface area contributed by atoms with E-state index in [0.29, 0.717) is 17.0 Å². The Hall–Kier alpha value is -1.55. The number of anilines is 1. The summed E-state index contributed by atoms with van der Waals surface area (Å²) in [4.78, 5) is 11.5. The van der Waals surface area contributed by atoms with Gasteiger partial charge in [0.05, 0.1) is 7.11 Å². The molecule has 0 saturated carbocycles. The fourth-order valence-electron chi connectivity index (χ4n) is 1.11. The van der Waals surface area contributed by atoms with E-state index in [1.807, 2.05) is 0 Å². The Balaban J connectivity index is 2.99. The first-order valence-electron chi connectivity index (χ1n) is 4.14. The van der Waals surface area contributed by atoms with Crippen LogP contribution in [0.15, 0.2) is 18.2 Å². The molecule has 0 aliphatic carbocycles. The number of ketones is 1. The maximum Gasteiger partial charge on any atom is 0.190 e. The zero-order valence-electron chi connectivity index (χ0n) is 8.24. The number of carbonyl (C=O) groups excluding carboxylic acids is 1. The quantitative estimate of drug-likeness (QED) is 0.577. The van der Waals surface area contributed by atoms with Crippen molar-refractivity contribution < 1.29 is 14.3 Å². The third-order valence-electron chi connectivity index (χ3n) is 1.84. The van der Waals surface area contributed by atoms with Crippen molar-refractivity contribution in [3.63, 3.8) is 0 Å². The molecule has 0 spiro atoms. The summed E-state index contributed by atoms with van der Waals surface area (Å²) in [5.41, 5.74) is 6.52. The van der Waals surface area contributed by atoms with Crippen LogP contribution in [0.3, 0.4) is 0 Å². The first-order chi connectivity index (χ1) is 6.69. The number of ether oxygens (including phenoxy) is 2. The Morgan fingerprint density at radius 3 is 2.71 bits per heavy atom. The predicted octanol–water partition coefficient (Wildman–Crippen LogP) is 1.11. The van der Waals surface area contributed by atoms with E-state index in [0.717, 1.165) is 0 Å². The van der Waals surface area contributed by atoms with Crippen molar-refractivity contribution in [2.24, 2.45) is 0 Å². The van der Waals surface area contributed by atoms with Gasteiger partial charge in [-0.3, -0.25) is 4.79 Å². The van der Waals surface area contributed by atoms with Gasteiger partial charge in [-0.15, -0.1) is 0 Å². The fraction of sp³-hybridized carbons (Fsp3) is 0.300. The van der Waals surface area contributed by atoms with Crippen molar-refractivity contribution in [3.05, 3.63) is 23.8 Å². The van der Waals surface area contributed by atoms with Crippen LogP contribution < -0.4 is 10.5 Å². The van der Waals surface area contributed by atoms with E-state index in [4.69, 9.17) is 15.2 Å². The molecule has 1 aromatic rings. The minimum absolute atomic E-state index is 0.0252. The van der Waals surface area contributed by atoms with Crippen LogP contribution in [0.25, 0.3) is 0 Å². The van der Waals surface area contributed by atoms with Crippen molar-refractivity contribution in [3.8, 4) is 5.75 Å². The van der Waals surface area contributed by atoms with Gasteiger partial charge in [0, 0.05) is 18.4 Å². The lowest BCUT2D eigenvalue weighted by Crippen LogP contribution is -2.09. The molecular weight excluding hydrogens is 182 g/mol. The highest BCUT2D eigenvalue weighted by molar-refractivity contribution is 6.02. The molecule has 0 heterocycles. The molecule has 0 atom stereocenters. The summed E-state index contributed by atoms with van der Waals surface area (Å²) < 4.78 is 9.73. The molecule has 4 nitrogen and oxygen atoms in total. The normalized spacial score (nSPS) is 9.86. The predicted molar refractivity (Wildman–Crippen MR) is 53.6 cm³/mol. The third kappa shape index (κ3) is 2.23. The highest BCUT2D eigenvalue weighted by atomic mass is 16.5. The summed E-state index contributed by atoms with van der Waals surface area (Å²) in [6.07, 6.45) is 0. The number of benzene rings is 1. The zero-order valence-corrected chi connectivity index (χ0v) is 8.24. The number of nitrogens with two attached hydrogens (primary N) is 1. The molecule has 2 N–H and O–H groups in total. The second-order valence-corrected chi connectivity index (χ2v) is 2.81. The molecule has 0 aliphatic rings. The Labute approximate surface area is 82.6 Å². The monoisotopic (exact) mass is 195 g/mol. The van der Waals surface area contributed by atoms with Gasteiger partial charge in [0.1, 0.15) is 12.4 Å². The summed E-state index contributed by atoms with van der Waals surface area (Å²) >= 11 is 0. The number of carbonyl (C=O) groups is 1. The molecule has 4 heteroatoms. The molecule has 0 radical (unpaired) electrons. The fourth-order valence-corrected chi connectivity index (χ4v) is 1.11. The first kappa shape index (κ1) is 10.5. The van der Waals surface area contributed by atoms with Crippen molar-refractivity contribution in [2.75, 3.05) is 26.6 Å². The molecule has 76 valence electrons. The van der Waals surface area contributed by atoms with Crippen molar-refractivity contribution in [1.29, 1.82) is 0 Å². The molecular formula is C10H13NO3. The van der Waals surface area contributed by atoms with Gasteiger partial charge in [-0.05, 0) is 18.2 Å². The number of Topliss-reactive ketones (excluding diaryl/α,β-unsaturated/α-hetero) is 1. The van der Waals surface area contributed by atoms with Gasteiger partial charge in [-0.2, -0.15) is 0 Å². The highest BCUT2D eigenvalue weighted by Crippen LogP contribution is 2.19. The largest absolute Gasteiger partial charge is 0.497 e. The van der Waals surface area contributed by atoms with Crippen molar-refractivity contribution in [2.45, 2.75) is 0 Å². The molecule has 1 aromatic carbocycles. The lowest BCUT2D eigenvalue weighted by molar-refractivity contribution is 0.0848. The van der Waals surface area contributed by atoms with E-state index in [1.54, 1.807) is 18.2 Å². The molecule has 0 saturated heterocycles. The average Bonchev–Trinajstić information content (AvgIpc) is 2.19. The van der Waals surface area contributed by atoms with E-state index in [1.165, 1.54) is 14.2 Å². The SMILES string of the molecule is COCC(=O)c1cc(OC)ccc1N. The topological polar surface area (TPSA) is 61.5 Å². The lowest BCUT2D eigenvalue weighted by atomic mass is 10.1. The maximum atomic E-state index is 11.5. The minimum atomic E-state index is -0.149. The number of nitrogen functional groups attached to an aromatic ring is 1. The van der Waals surface area contributed by atoms with E-state index in [-0.39, 0.29) is 12.4 Å². The Kier molecular flexibility index (Phi) is 3.48. The van der Waals surface area contributed by atoms with E-state index >= 15 is 0 Å². The summed E-state index contributed by atoms with van der Waals surface area (Å²) in [7, 11) is 3.00. The van der Waals surface area contributed by atoms with Gasteiger partial charge in [0.2, 0.25) is 0 Å². The zero-order chi connectivity index (χ0) is 10.6. The molecule has 0 amide bonds. The second-order valence-electron chi connectivity index (χ2n) is 2.81. The van der Waals surface area contributed by atoms with Crippen molar-refractivity contribution in [1.82, 2.24) is 0 Å². The van der Waals surface area contributed by atoms with Gasteiger partial charge in [0.25, 0.3) is 0 Å². The third-order valence-corrected chi connectivity index (χ3v) is 1.84. The summed E-state index contributed by atoms with van der Waals surface area (Å²) in [6.45, 7) is 0.0252. The van der Waals surface area contributed by atoms with Crippen LogP contribution >= 0.6 is 0 Å². The summed E-state index contributed by atoms with van der Waals surface area (Å²) in [5.74, 6) is 0.461. The van der Waals surface area contributed by atoms with Crippen LogP contribution in [0.1, 0.15) is 10.4 Å². The Morgan fingerprint density at radius 1 is 1.43 bits per heavy atom. The molecule has 0 bridgehead atoms. The Bertz CT molecular complexity index is 336. The molecule has 0 fully saturated rings. The molecule has 0 aromatic heterocycles. The molecule has 0 unspecified atom stereocenters. The number of rotatable bonds is 4. The second kappa shape index (κ2) is 4.62. The number of methoxy groups -OCH3 is 2. The minimum Gasteiger partial charge on any atom is -0.497 e. The highest BCUT2D eigenvalue weighted by Gasteiger charge is 2.10. The molecule has 0 aliphatic heterocycles. The van der Waals surface area contributed by atoms with Crippen LogP contribution in [0.4, 0.5) is 5.69 Å². The van der Waals surface area contributed by atoms with Gasteiger partial charge in [-0.25, -0.2) is 0 Å². The number of hydrogen-bond donors (Lipinski definition) is 1. The van der Waals surface area contributed by atoms with E-state index in [2.05, 4.69) is 0 Å². The lowest BCUT2D eigenvalue weighted by Gasteiger charge is -2.06. The van der Waals surface area contributed by atoms with Crippen LogP contribution in [0.5, 0.6) is 5.75 Å². The van der Waals surface area contributed by atoms with Crippen LogP contribution in [-0.2, 0) is 4.74 Å². The first-order valence-corrected chi connectivity index (χ1v) is 4.14. The summed E-state index contributed by atoms with van der Waals surface area (Å²) in [5, 5.41) is 0. The Morgan fingerprint density at radius 2 is 2.14 bits per heavy atom. The van der Waals surface area contributed by atoms with Gasteiger partial charge in [-0.1, -0.05) is 0 Å². The van der Waals surface area contributed by atoms with Gasteiger partial charge in [0.15, 0.2) is 5.78 Å². The standard InChI is InChI=1S/C10H13NO3/c1-13-6-10(12)8-5-7(14-2)3-4-9(8)11/h3-5H,6,11H2,1-2H3. The van der Waals surface area contributed by atoms with Gasteiger partial charge < -0.3 is 15.2 Å². The van der Waals surface area contributed by atoms with Crippen LogP contribution in [0, 0.1) is 0 Å². The maximum absolute atomic E-state index is 11.5. The van der Waals surface area contributed by atoms with Crippen LogP contribution in [0.2, 0.25) is 0 Å². The van der Waals surface area contributed by atoms with E-state index in [9.17, 15) is 4.79 Å². The summed E-state index contributed by atoms with van der Waals surface area (Å²) in [6, 6.07) is 4.96. The van der Waals surface area contributed by atoms with Crippen molar-refractivity contribution >= 4 is 11.5 Å².